The van der Waals surface area contributed by atoms with Gasteiger partial charge in [-0.3, -0.25) is 4.90 Å². The fraction of sp³-hybridized carbons (Fsp3) is 0.562. The summed E-state index contributed by atoms with van der Waals surface area (Å²) in [6.07, 6.45) is 2.21. The van der Waals surface area contributed by atoms with Gasteiger partial charge in [0.15, 0.2) is 5.58 Å². The molecule has 1 aromatic heterocycles. The maximum Gasteiger partial charge on any atom is 0.209 e. The van der Waals surface area contributed by atoms with Gasteiger partial charge in [-0.15, -0.1) is 0 Å². The Morgan fingerprint density at radius 1 is 1.33 bits per heavy atom. The van der Waals surface area contributed by atoms with Gasteiger partial charge in [-0.05, 0) is 31.0 Å². The standard InChI is InChI=1S/C16H25N3O2/c1-4-13(5-2)19(8-9-20-3)11-16-18-14-10-12(17)6-7-15(14)21-16/h6-7,10,13H,4-5,8-9,11,17H2,1-3H3. The van der Waals surface area contributed by atoms with E-state index in [9.17, 15) is 0 Å². The van der Waals surface area contributed by atoms with Crippen molar-refractivity contribution >= 4 is 16.8 Å². The van der Waals surface area contributed by atoms with Crippen LogP contribution in [0.1, 0.15) is 32.6 Å². The van der Waals surface area contributed by atoms with Crippen molar-refractivity contribution in [1.82, 2.24) is 9.88 Å². The molecular weight excluding hydrogens is 266 g/mol. The highest BCUT2D eigenvalue weighted by molar-refractivity contribution is 5.76. The van der Waals surface area contributed by atoms with Crippen LogP contribution in [0.15, 0.2) is 22.6 Å². The second-order valence-electron chi connectivity index (χ2n) is 5.27. The van der Waals surface area contributed by atoms with Gasteiger partial charge in [0.05, 0.1) is 13.2 Å². The fourth-order valence-corrected chi connectivity index (χ4v) is 2.64. The number of methoxy groups -OCH3 is 1. The molecule has 0 fully saturated rings. The first-order chi connectivity index (χ1) is 10.2. The van der Waals surface area contributed by atoms with Crippen molar-refractivity contribution < 1.29 is 9.15 Å². The summed E-state index contributed by atoms with van der Waals surface area (Å²) in [7, 11) is 1.73. The molecule has 5 heteroatoms. The van der Waals surface area contributed by atoms with Crippen LogP contribution < -0.4 is 5.73 Å². The van der Waals surface area contributed by atoms with Crippen LogP contribution in [-0.4, -0.2) is 36.2 Å². The van der Waals surface area contributed by atoms with Crippen molar-refractivity contribution in [3.05, 3.63) is 24.1 Å². The Balaban J connectivity index is 2.16. The molecule has 2 N–H and O–H groups in total. The SMILES string of the molecule is CCC(CC)N(CCOC)Cc1nc2cc(N)ccc2o1. The molecule has 21 heavy (non-hydrogen) atoms. The predicted octanol–water partition coefficient (Wildman–Crippen LogP) is 3.05. The highest BCUT2D eigenvalue weighted by Gasteiger charge is 2.18. The number of hydrogen-bond acceptors (Lipinski definition) is 5. The number of nitrogens with two attached hydrogens (primary N) is 1. The third kappa shape index (κ3) is 3.95. The molecule has 116 valence electrons. The number of oxazole rings is 1. The summed E-state index contributed by atoms with van der Waals surface area (Å²) in [5, 5.41) is 0. The number of rotatable bonds is 8. The molecule has 0 spiro atoms. The summed E-state index contributed by atoms with van der Waals surface area (Å²) in [4.78, 5) is 6.92. The fourth-order valence-electron chi connectivity index (χ4n) is 2.64. The summed E-state index contributed by atoms with van der Waals surface area (Å²) >= 11 is 0. The van der Waals surface area contributed by atoms with E-state index in [1.165, 1.54) is 0 Å². The average Bonchev–Trinajstić information content (AvgIpc) is 2.87. The third-order valence-corrected chi connectivity index (χ3v) is 3.84. The Morgan fingerprint density at radius 3 is 2.76 bits per heavy atom. The van der Waals surface area contributed by atoms with E-state index in [0.717, 1.165) is 36.4 Å². The lowest BCUT2D eigenvalue weighted by Crippen LogP contribution is -2.36. The van der Waals surface area contributed by atoms with E-state index in [4.69, 9.17) is 14.9 Å². The zero-order valence-electron chi connectivity index (χ0n) is 13.1. The minimum atomic E-state index is 0.514. The van der Waals surface area contributed by atoms with E-state index in [1.807, 2.05) is 18.2 Å². The number of ether oxygens (including phenoxy) is 1. The van der Waals surface area contributed by atoms with E-state index in [1.54, 1.807) is 7.11 Å². The molecule has 0 saturated heterocycles. The van der Waals surface area contributed by atoms with Crippen molar-refractivity contribution in [3.63, 3.8) is 0 Å². The van der Waals surface area contributed by atoms with Gasteiger partial charge in [0.1, 0.15) is 5.52 Å². The molecule has 0 radical (unpaired) electrons. The predicted molar refractivity (Wildman–Crippen MR) is 85.1 cm³/mol. The molecule has 1 heterocycles. The number of nitrogens with zero attached hydrogens (tertiary/aromatic N) is 2. The largest absolute Gasteiger partial charge is 0.439 e. The van der Waals surface area contributed by atoms with Gasteiger partial charge in [0.2, 0.25) is 5.89 Å². The summed E-state index contributed by atoms with van der Waals surface area (Å²) in [6.45, 7) is 6.71. The highest BCUT2D eigenvalue weighted by atomic mass is 16.5. The monoisotopic (exact) mass is 291 g/mol. The van der Waals surface area contributed by atoms with E-state index < -0.39 is 0 Å². The quantitative estimate of drug-likeness (QED) is 0.757. The van der Waals surface area contributed by atoms with Crippen LogP contribution in [0.4, 0.5) is 5.69 Å². The number of aromatic nitrogens is 1. The van der Waals surface area contributed by atoms with Gasteiger partial charge in [-0.1, -0.05) is 13.8 Å². The number of nitrogen functional groups attached to an aromatic ring is 1. The Hall–Kier alpha value is -1.59. The van der Waals surface area contributed by atoms with Gasteiger partial charge in [-0.25, -0.2) is 4.98 Å². The first kappa shape index (κ1) is 15.8. The zero-order chi connectivity index (χ0) is 15.2. The van der Waals surface area contributed by atoms with Gasteiger partial charge in [0.25, 0.3) is 0 Å². The maximum absolute atomic E-state index is 5.82. The Labute approximate surface area is 126 Å². The summed E-state index contributed by atoms with van der Waals surface area (Å²) in [5.74, 6) is 0.735. The van der Waals surface area contributed by atoms with Crippen LogP contribution in [0.5, 0.6) is 0 Å². The average molecular weight is 291 g/mol. The molecule has 0 atom stereocenters. The lowest BCUT2D eigenvalue weighted by molar-refractivity contribution is 0.103. The van der Waals surface area contributed by atoms with Crippen LogP contribution in [0.3, 0.4) is 0 Å². The van der Waals surface area contributed by atoms with E-state index >= 15 is 0 Å². The normalized spacial score (nSPS) is 11.9. The number of benzene rings is 1. The first-order valence-electron chi connectivity index (χ1n) is 7.55. The smallest absolute Gasteiger partial charge is 0.209 e. The van der Waals surface area contributed by atoms with E-state index in [2.05, 4.69) is 23.7 Å². The van der Waals surface area contributed by atoms with Crippen LogP contribution in [0.2, 0.25) is 0 Å². The van der Waals surface area contributed by atoms with Gasteiger partial charge in [0, 0.05) is 25.4 Å². The minimum Gasteiger partial charge on any atom is -0.439 e. The molecule has 0 bridgehead atoms. The van der Waals surface area contributed by atoms with Gasteiger partial charge < -0.3 is 14.9 Å². The van der Waals surface area contributed by atoms with Gasteiger partial charge >= 0.3 is 0 Å². The summed E-state index contributed by atoms with van der Waals surface area (Å²) in [5.41, 5.74) is 8.10. The molecule has 2 aromatic rings. The number of fused-ring (bicyclic) bond motifs is 1. The Morgan fingerprint density at radius 2 is 2.10 bits per heavy atom. The minimum absolute atomic E-state index is 0.514. The van der Waals surface area contributed by atoms with Crippen LogP contribution in [0, 0.1) is 0 Å². The van der Waals surface area contributed by atoms with Gasteiger partial charge in [-0.2, -0.15) is 0 Å². The number of hydrogen-bond donors (Lipinski definition) is 1. The molecule has 0 saturated carbocycles. The van der Waals surface area contributed by atoms with Crippen molar-refractivity contribution in [2.75, 3.05) is 26.0 Å². The summed E-state index contributed by atoms with van der Waals surface area (Å²) < 4.78 is 11.0. The molecule has 0 amide bonds. The zero-order valence-corrected chi connectivity index (χ0v) is 13.1. The van der Waals surface area contributed by atoms with E-state index in [-0.39, 0.29) is 0 Å². The van der Waals surface area contributed by atoms with E-state index in [0.29, 0.717) is 24.9 Å². The van der Waals surface area contributed by atoms with Crippen molar-refractivity contribution in [1.29, 1.82) is 0 Å². The lowest BCUT2D eigenvalue weighted by Gasteiger charge is -2.28. The molecule has 0 unspecified atom stereocenters. The first-order valence-corrected chi connectivity index (χ1v) is 7.55. The van der Waals surface area contributed by atoms with Crippen molar-refractivity contribution in [3.8, 4) is 0 Å². The maximum atomic E-state index is 5.82. The molecule has 0 aliphatic rings. The molecule has 0 aliphatic heterocycles. The molecule has 2 rings (SSSR count). The highest BCUT2D eigenvalue weighted by Crippen LogP contribution is 2.20. The molecule has 0 aliphatic carbocycles. The molecule has 5 nitrogen and oxygen atoms in total. The van der Waals surface area contributed by atoms with Crippen LogP contribution >= 0.6 is 0 Å². The van der Waals surface area contributed by atoms with Crippen molar-refractivity contribution in [2.45, 2.75) is 39.3 Å². The topological polar surface area (TPSA) is 64.5 Å². The second kappa shape index (κ2) is 7.43. The van der Waals surface area contributed by atoms with Crippen LogP contribution in [-0.2, 0) is 11.3 Å². The van der Waals surface area contributed by atoms with Crippen LogP contribution in [0.25, 0.3) is 11.1 Å². The molecule has 1 aromatic carbocycles. The third-order valence-electron chi connectivity index (χ3n) is 3.84. The second-order valence-corrected chi connectivity index (χ2v) is 5.27. The lowest BCUT2D eigenvalue weighted by atomic mass is 10.1. The molecular formula is C16H25N3O2. The Bertz CT molecular complexity index is 564. The summed E-state index contributed by atoms with van der Waals surface area (Å²) in [6, 6.07) is 6.07. The van der Waals surface area contributed by atoms with Crippen molar-refractivity contribution in [2.24, 2.45) is 0 Å². The Kier molecular flexibility index (Phi) is 5.59. The number of anilines is 1.